The Hall–Kier alpha value is -2.75. The van der Waals surface area contributed by atoms with Gasteiger partial charge in [-0.1, -0.05) is 60.7 Å². The van der Waals surface area contributed by atoms with Crippen molar-refractivity contribution in [1.82, 2.24) is 0 Å². The average molecular weight is 393 g/mol. The van der Waals surface area contributed by atoms with Crippen LogP contribution in [-0.4, -0.2) is 13.1 Å². The summed E-state index contributed by atoms with van der Waals surface area (Å²) in [5, 5.41) is 0. The standard InChI is InChI=1S/C25H22F3N/c26-25(27,28)19-15-22-20(17-7-3-1-4-8-17)11-13-29-14-12-21(23(16-19)24(22)29)18-9-5-2-6-10-18/h1-10,15-16,20-21H,11-14H2. The second-order valence-corrected chi connectivity index (χ2v) is 7.99. The van der Waals surface area contributed by atoms with E-state index in [1.165, 1.54) is 12.1 Å². The van der Waals surface area contributed by atoms with Gasteiger partial charge in [-0.15, -0.1) is 0 Å². The largest absolute Gasteiger partial charge is 0.416 e. The Labute approximate surface area is 168 Å². The number of hydrogen-bond donors (Lipinski definition) is 0. The minimum absolute atomic E-state index is 0.00183. The van der Waals surface area contributed by atoms with E-state index in [4.69, 9.17) is 0 Å². The Bertz CT molecular complexity index is 939. The molecule has 29 heavy (non-hydrogen) atoms. The summed E-state index contributed by atoms with van der Waals surface area (Å²) >= 11 is 0. The maximum absolute atomic E-state index is 13.8. The second kappa shape index (κ2) is 6.94. The Morgan fingerprint density at radius 2 is 1.14 bits per heavy atom. The SMILES string of the molecule is FC(F)(F)c1cc2c3c(c1)C(c1ccccc1)CCN3CCC2c1ccccc1. The molecule has 0 aromatic heterocycles. The molecule has 0 amide bonds. The molecular weight excluding hydrogens is 371 g/mol. The summed E-state index contributed by atoms with van der Waals surface area (Å²) in [7, 11) is 0. The fraction of sp³-hybridized carbons (Fsp3) is 0.280. The van der Waals surface area contributed by atoms with Crippen molar-refractivity contribution < 1.29 is 13.2 Å². The van der Waals surface area contributed by atoms with Crippen LogP contribution in [-0.2, 0) is 6.18 Å². The van der Waals surface area contributed by atoms with E-state index in [2.05, 4.69) is 4.90 Å². The highest BCUT2D eigenvalue weighted by molar-refractivity contribution is 5.69. The summed E-state index contributed by atoms with van der Waals surface area (Å²) in [6.45, 7) is 1.76. The molecule has 3 aromatic rings. The Balaban J connectivity index is 1.73. The first-order valence-corrected chi connectivity index (χ1v) is 10.1. The number of halogens is 3. The third kappa shape index (κ3) is 3.21. The fourth-order valence-electron chi connectivity index (χ4n) is 5.02. The van der Waals surface area contributed by atoms with Crippen molar-refractivity contribution in [2.24, 2.45) is 0 Å². The van der Waals surface area contributed by atoms with Gasteiger partial charge in [0.05, 0.1) is 5.56 Å². The van der Waals surface area contributed by atoms with Crippen LogP contribution in [0.25, 0.3) is 0 Å². The summed E-state index contributed by atoms with van der Waals surface area (Å²) in [5.41, 5.74) is 4.34. The molecule has 3 aromatic carbocycles. The van der Waals surface area contributed by atoms with Gasteiger partial charge in [0, 0.05) is 30.6 Å². The second-order valence-electron chi connectivity index (χ2n) is 7.99. The molecule has 0 bridgehead atoms. The minimum atomic E-state index is -4.35. The highest BCUT2D eigenvalue weighted by atomic mass is 19.4. The predicted octanol–water partition coefficient (Wildman–Crippen LogP) is 6.58. The van der Waals surface area contributed by atoms with Gasteiger partial charge in [-0.25, -0.2) is 0 Å². The summed E-state index contributed by atoms with van der Waals surface area (Å²) in [4.78, 5) is 2.30. The van der Waals surface area contributed by atoms with Crippen LogP contribution < -0.4 is 4.90 Å². The van der Waals surface area contributed by atoms with Crippen LogP contribution in [0, 0.1) is 0 Å². The molecule has 0 N–H and O–H groups in total. The van der Waals surface area contributed by atoms with E-state index < -0.39 is 11.7 Å². The van der Waals surface area contributed by atoms with Gasteiger partial charge >= 0.3 is 6.18 Å². The van der Waals surface area contributed by atoms with Crippen LogP contribution in [0.4, 0.5) is 18.9 Å². The summed E-state index contributed by atoms with van der Waals surface area (Å²) in [6, 6.07) is 22.7. The summed E-state index contributed by atoms with van der Waals surface area (Å²) < 4.78 is 41.5. The van der Waals surface area contributed by atoms with Gasteiger partial charge in [0.2, 0.25) is 0 Å². The number of alkyl halides is 3. The van der Waals surface area contributed by atoms with Crippen LogP contribution in [0.3, 0.4) is 0 Å². The third-order valence-corrected chi connectivity index (χ3v) is 6.34. The lowest BCUT2D eigenvalue weighted by Gasteiger charge is -2.43. The van der Waals surface area contributed by atoms with Gasteiger partial charge in [0.1, 0.15) is 0 Å². The van der Waals surface area contributed by atoms with Crippen LogP contribution in [0.1, 0.15) is 52.5 Å². The Morgan fingerprint density at radius 3 is 1.55 bits per heavy atom. The van der Waals surface area contributed by atoms with Crippen LogP contribution >= 0.6 is 0 Å². The Kier molecular flexibility index (Phi) is 4.38. The molecule has 0 radical (unpaired) electrons. The number of hydrogen-bond acceptors (Lipinski definition) is 1. The molecule has 2 heterocycles. The van der Waals surface area contributed by atoms with Crippen molar-refractivity contribution >= 4 is 5.69 Å². The van der Waals surface area contributed by atoms with Gasteiger partial charge in [0.15, 0.2) is 0 Å². The zero-order chi connectivity index (χ0) is 20.0. The van der Waals surface area contributed by atoms with Crippen molar-refractivity contribution in [3.63, 3.8) is 0 Å². The minimum Gasteiger partial charge on any atom is -0.371 e. The van der Waals surface area contributed by atoms with Crippen molar-refractivity contribution in [1.29, 1.82) is 0 Å². The average Bonchev–Trinajstić information content (AvgIpc) is 2.74. The van der Waals surface area contributed by atoms with Gasteiger partial charge in [-0.2, -0.15) is 13.2 Å². The first kappa shape index (κ1) is 18.3. The van der Waals surface area contributed by atoms with Crippen LogP contribution in [0.2, 0.25) is 0 Å². The molecule has 0 fully saturated rings. The molecule has 0 saturated heterocycles. The monoisotopic (exact) mass is 393 g/mol. The van der Waals surface area contributed by atoms with Gasteiger partial charge in [0.25, 0.3) is 0 Å². The van der Waals surface area contributed by atoms with Crippen LogP contribution in [0.5, 0.6) is 0 Å². The van der Waals surface area contributed by atoms with E-state index >= 15 is 0 Å². The van der Waals surface area contributed by atoms with E-state index in [9.17, 15) is 13.2 Å². The smallest absolute Gasteiger partial charge is 0.371 e. The molecule has 2 aliphatic rings. The highest BCUT2D eigenvalue weighted by Crippen LogP contribution is 2.50. The van der Waals surface area contributed by atoms with Crippen molar-refractivity contribution in [2.75, 3.05) is 18.0 Å². The molecule has 5 rings (SSSR count). The Morgan fingerprint density at radius 1 is 0.690 bits per heavy atom. The summed E-state index contributed by atoms with van der Waals surface area (Å²) in [6.07, 6.45) is -2.67. The maximum atomic E-state index is 13.8. The molecular formula is C25H22F3N. The number of anilines is 1. The van der Waals surface area contributed by atoms with Gasteiger partial charge in [-0.05, 0) is 47.2 Å². The highest BCUT2D eigenvalue weighted by Gasteiger charge is 2.39. The first-order chi connectivity index (χ1) is 14.0. The zero-order valence-corrected chi connectivity index (χ0v) is 16.0. The van der Waals surface area contributed by atoms with Crippen molar-refractivity contribution in [3.05, 3.63) is 101 Å². The molecule has 2 atom stereocenters. The van der Waals surface area contributed by atoms with E-state index in [0.717, 1.165) is 53.9 Å². The summed E-state index contributed by atoms with van der Waals surface area (Å²) in [5.74, 6) is -0.00366. The number of benzene rings is 3. The molecule has 0 saturated carbocycles. The lowest BCUT2D eigenvalue weighted by molar-refractivity contribution is -0.137. The topological polar surface area (TPSA) is 3.24 Å². The molecule has 0 aliphatic carbocycles. The zero-order valence-electron chi connectivity index (χ0n) is 16.0. The van der Waals surface area contributed by atoms with Gasteiger partial charge < -0.3 is 4.90 Å². The fourth-order valence-corrected chi connectivity index (χ4v) is 5.02. The lowest BCUT2D eigenvalue weighted by atomic mass is 9.76. The molecule has 148 valence electrons. The van der Waals surface area contributed by atoms with Crippen molar-refractivity contribution in [2.45, 2.75) is 30.9 Å². The number of rotatable bonds is 2. The number of nitrogens with zero attached hydrogens (tertiary/aromatic N) is 1. The molecule has 4 heteroatoms. The normalized spacial score (nSPS) is 21.0. The van der Waals surface area contributed by atoms with E-state index in [-0.39, 0.29) is 11.8 Å². The van der Waals surface area contributed by atoms with Crippen LogP contribution in [0.15, 0.2) is 72.8 Å². The van der Waals surface area contributed by atoms with Gasteiger partial charge in [-0.3, -0.25) is 0 Å². The maximum Gasteiger partial charge on any atom is 0.416 e. The molecule has 2 aliphatic heterocycles. The van der Waals surface area contributed by atoms with E-state index in [0.29, 0.717) is 0 Å². The molecule has 2 unspecified atom stereocenters. The first-order valence-electron chi connectivity index (χ1n) is 10.1. The lowest BCUT2D eigenvalue weighted by Crippen LogP contribution is -2.38. The third-order valence-electron chi connectivity index (χ3n) is 6.34. The van der Waals surface area contributed by atoms with Crippen molar-refractivity contribution in [3.8, 4) is 0 Å². The predicted molar refractivity (Wildman–Crippen MR) is 109 cm³/mol. The quantitative estimate of drug-likeness (QED) is 0.475. The molecule has 0 spiro atoms. The molecule has 1 nitrogen and oxygen atoms in total. The van der Waals surface area contributed by atoms with E-state index in [1.54, 1.807) is 0 Å². The van der Waals surface area contributed by atoms with E-state index in [1.807, 2.05) is 60.7 Å².